The number of thioether (sulfide) groups is 1. The van der Waals surface area contributed by atoms with Crippen LogP contribution in [0.2, 0.25) is 0 Å². The highest BCUT2D eigenvalue weighted by Crippen LogP contribution is 2.37. The molecule has 8 nitrogen and oxygen atoms in total. The molecule has 0 unspecified atom stereocenters. The molecule has 198 valence electrons. The Morgan fingerprint density at radius 2 is 1.82 bits per heavy atom. The Morgan fingerprint density at radius 3 is 2.47 bits per heavy atom. The molecule has 1 heterocycles. The molecule has 2 N–H and O–H groups in total. The van der Waals surface area contributed by atoms with E-state index in [0.717, 1.165) is 35.0 Å². The summed E-state index contributed by atoms with van der Waals surface area (Å²) >= 11 is 1.15. The molecule has 0 aliphatic carbocycles. The number of halogens is 1. The van der Waals surface area contributed by atoms with Crippen molar-refractivity contribution in [3.05, 3.63) is 89.2 Å². The molecule has 0 fully saturated rings. The second-order valence-electron chi connectivity index (χ2n) is 8.91. The minimum absolute atomic E-state index is 0.00486. The van der Waals surface area contributed by atoms with Gasteiger partial charge in [-0.1, -0.05) is 42.5 Å². The van der Waals surface area contributed by atoms with E-state index in [9.17, 15) is 23.9 Å². The average molecular weight is 539 g/mol. The smallest absolute Gasteiger partial charge is 0.408 e. The van der Waals surface area contributed by atoms with Crippen LogP contribution in [0.3, 0.4) is 0 Å². The summed E-state index contributed by atoms with van der Waals surface area (Å²) in [5.41, 5.74) is 1.23. The van der Waals surface area contributed by atoms with Crippen LogP contribution in [0.25, 0.3) is 0 Å². The average Bonchev–Trinajstić information content (AvgIpc) is 3.00. The first-order valence-corrected chi connectivity index (χ1v) is 12.9. The lowest BCUT2D eigenvalue weighted by Gasteiger charge is -2.26. The van der Waals surface area contributed by atoms with Crippen LogP contribution < -0.4 is 15.0 Å². The molecule has 0 spiro atoms. The number of nitrogens with zero attached hydrogens (tertiary/aromatic N) is 1. The number of nitrogens with one attached hydrogen (secondary N) is 1. The number of benzene rings is 3. The molecule has 0 bridgehead atoms. The third-order valence-corrected chi connectivity index (χ3v) is 6.82. The molecule has 3 aromatic carbocycles. The van der Waals surface area contributed by atoms with E-state index in [1.807, 2.05) is 44.2 Å². The van der Waals surface area contributed by atoms with E-state index in [4.69, 9.17) is 9.47 Å². The van der Waals surface area contributed by atoms with Gasteiger partial charge in [-0.2, -0.15) is 0 Å². The lowest BCUT2D eigenvalue weighted by Crippen LogP contribution is -2.49. The van der Waals surface area contributed by atoms with Crippen molar-refractivity contribution in [2.75, 3.05) is 10.7 Å². The monoisotopic (exact) mass is 538 g/mol. The number of carbonyl (C=O) groups excluding carboxylic acids is 2. The van der Waals surface area contributed by atoms with Gasteiger partial charge in [-0.3, -0.25) is 4.79 Å². The third kappa shape index (κ3) is 6.63. The van der Waals surface area contributed by atoms with Crippen LogP contribution in [0.1, 0.15) is 35.3 Å². The van der Waals surface area contributed by atoms with E-state index in [1.54, 1.807) is 24.3 Å². The first kappa shape index (κ1) is 27.0. The highest BCUT2D eigenvalue weighted by Gasteiger charge is 2.34. The van der Waals surface area contributed by atoms with Gasteiger partial charge in [0, 0.05) is 10.6 Å². The minimum Gasteiger partial charge on any atom is -0.491 e. The maximum absolute atomic E-state index is 14.5. The van der Waals surface area contributed by atoms with Crippen molar-refractivity contribution >= 4 is 35.4 Å². The predicted molar refractivity (Wildman–Crippen MR) is 141 cm³/mol. The predicted octanol–water partition coefficient (Wildman–Crippen LogP) is 5.25. The number of carboxylic acids is 1. The summed E-state index contributed by atoms with van der Waals surface area (Å²) in [6.45, 7) is 3.92. The van der Waals surface area contributed by atoms with E-state index in [0.29, 0.717) is 10.6 Å². The fraction of sp³-hybridized carbons (Fsp3) is 0.250. The first-order valence-electron chi connectivity index (χ1n) is 11.9. The van der Waals surface area contributed by atoms with Crippen LogP contribution in [0, 0.1) is 5.82 Å². The standard InChI is InChI=1S/C28H27FN2O6S/c1-17(2)37-20-10-8-18(9-11-20)14-31-24-12-21(27(33)34)22(29)13-25(24)38-16-23(26(31)32)30-28(35)36-15-19-6-4-3-5-7-19/h3-13,17,23H,14-16H2,1-2H3,(H,30,35)(H,33,34)/t23-/m0/s1. The summed E-state index contributed by atoms with van der Waals surface area (Å²) in [7, 11) is 0. The Labute approximate surface area is 223 Å². The number of carbonyl (C=O) groups is 3. The highest BCUT2D eigenvalue weighted by atomic mass is 32.2. The summed E-state index contributed by atoms with van der Waals surface area (Å²) in [5.74, 6) is -2.05. The largest absolute Gasteiger partial charge is 0.491 e. The molecule has 10 heteroatoms. The highest BCUT2D eigenvalue weighted by molar-refractivity contribution is 7.99. The van der Waals surface area contributed by atoms with Crippen LogP contribution in [0.5, 0.6) is 5.75 Å². The summed E-state index contributed by atoms with van der Waals surface area (Å²) in [6, 6.07) is 17.5. The van der Waals surface area contributed by atoms with Gasteiger partial charge in [-0.15, -0.1) is 11.8 Å². The molecule has 1 aliphatic rings. The van der Waals surface area contributed by atoms with E-state index >= 15 is 0 Å². The zero-order valence-corrected chi connectivity index (χ0v) is 21.7. The van der Waals surface area contributed by atoms with Gasteiger partial charge < -0.3 is 24.8 Å². The molecular formula is C28H27FN2O6S. The van der Waals surface area contributed by atoms with Gasteiger partial charge in [0.15, 0.2) is 0 Å². The summed E-state index contributed by atoms with van der Waals surface area (Å²) in [5, 5.41) is 12.1. The van der Waals surface area contributed by atoms with Crippen molar-refractivity contribution in [1.29, 1.82) is 0 Å². The molecular weight excluding hydrogens is 511 g/mol. The van der Waals surface area contributed by atoms with Gasteiger partial charge in [-0.05, 0) is 49.2 Å². The maximum Gasteiger partial charge on any atom is 0.408 e. The van der Waals surface area contributed by atoms with Crippen LogP contribution in [-0.2, 0) is 22.7 Å². The number of amides is 2. The lowest BCUT2D eigenvalue weighted by molar-refractivity contribution is -0.120. The Balaban J connectivity index is 1.59. The summed E-state index contributed by atoms with van der Waals surface area (Å²) < 4.78 is 25.5. The van der Waals surface area contributed by atoms with E-state index in [-0.39, 0.29) is 30.7 Å². The van der Waals surface area contributed by atoms with Gasteiger partial charge in [0.2, 0.25) is 0 Å². The Hall–Kier alpha value is -4.05. The van der Waals surface area contributed by atoms with Crippen LogP contribution in [-0.4, -0.2) is 41.0 Å². The summed E-state index contributed by atoms with van der Waals surface area (Å²) in [4.78, 5) is 39.6. The Morgan fingerprint density at radius 1 is 1.11 bits per heavy atom. The number of rotatable bonds is 8. The lowest BCUT2D eigenvalue weighted by atomic mass is 10.1. The molecule has 0 saturated heterocycles. The second kappa shape index (κ2) is 12.0. The summed E-state index contributed by atoms with van der Waals surface area (Å²) in [6.07, 6.45) is -0.777. The van der Waals surface area contributed by atoms with Gasteiger partial charge in [-0.25, -0.2) is 14.0 Å². The first-order chi connectivity index (χ1) is 18.2. The zero-order valence-electron chi connectivity index (χ0n) is 20.8. The maximum atomic E-state index is 14.5. The molecule has 1 atom stereocenters. The fourth-order valence-corrected chi connectivity index (χ4v) is 4.96. The van der Waals surface area contributed by atoms with Gasteiger partial charge in [0.1, 0.15) is 24.2 Å². The number of aromatic carboxylic acids is 1. The number of hydrogen-bond donors (Lipinski definition) is 2. The van der Waals surface area contributed by atoms with Crippen LogP contribution in [0.15, 0.2) is 71.6 Å². The van der Waals surface area contributed by atoms with Crippen LogP contribution >= 0.6 is 11.8 Å². The number of carboxylic acid groups (broad SMARTS) is 1. The van der Waals surface area contributed by atoms with Crippen LogP contribution in [0.4, 0.5) is 14.9 Å². The number of fused-ring (bicyclic) bond motifs is 1. The van der Waals surface area contributed by atoms with Crippen molar-refractivity contribution in [2.45, 2.75) is 44.0 Å². The molecule has 2 amide bonds. The van der Waals surface area contributed by atoms with Crippen molar-refractivity contribution in [2.24, 2.45) is 0 Å². The number of alkyl carbamates (subject to hydrolysis) is 1. The molecule has 0 aromatic heterocycles. The molecule has 38 heavy (non-hydrogen) atoms. The number of hydrogen-bond acceptors (Lipinski definition) is 6. The van der Waals surface area contributed by atoms with Gasteiger partial charge in [0.05, 0.1) is 23.9 Å². The van der Waals surface area contributed by atoms with Crippen molar-refractivity contribution < 1.29 is 33.4 Å². The van der Waals surface area contributed by atoms with Crippen molar-refractivity contribution in [3.8, 4) is 5.75 Å². The quantitative estimate of drug-likeness (QED) is 0.404. The van der Waals surface area contributed by atoms with Gasteiger partial charge >= 0.3 is 12.1 Å². The zero-order chi connectivity index (χ0) is 27.2. The minimum atomic E-state index is -1.44. The molecule has 4 rings (SSSR count). The molecule has 0 saturated carbocycles. The fourth-order valence-electron chi connectivity index (χ4n) is 3.89. The van der Waals surface area contributed by atoms with Crippen molar-refractivity contribution in [1.82, 2.24) is 5.32 Å². The number of anilines is 1. The second-order valence-corrected chi connectivity index (χ2v) is 9.97. The third-order valence-electron chi connectivity index (χ3n) is 5.68. The topological polar surface area (TPSA) is 105 Å². The molecule has 3 aromatic rings. The Bertz CT molecular complexity index is 1320. The van der Waals surface area contributed by atoms with E-state index < -0.39 is 35.4 Å². The Kier molecular flexibility index (Phi) is 8.52. The normalized spacial score (nSPS) is 15.0. The van der Waals surface area contributed by atoms with Gasteiger partial charge in [0.25, 0.3) is 5.91 Å². The SMILES string of the molecule is CC(C)Oc1ccc(CN2C(=O)[C@@H](NC(=O)OCc3ccccc3)CSc3cc(F)c(C(=O)O)cc32)cc1. The van der Waals surface area contributed by atoms with E-state index in [2.05, 4.69) is 5.32 Å². The molecule has 0 radical (unpaired) electrons. The van der Waals surface area contributed by atoms with Crippen molar-refractivity contribution in [3.63, 3.8) is 0 Å². The van der Waals surface area contributed by atoms with E-state index in [1.165, 1.54) is 4.90 Å². The number of ether oxygens (including phenoxy) is 2. The molecule has 1 aliphatic heterocycles.